The number of Topliss-reactive ketones (excluding diaryl/α,β-unsaturated/α-hetero) is 1. The Bertz CT molecular complexity index is 1490. The third kappa shape index (κ3) is 5.04. The third-order valence-electron chi connectivity index (χ3n) is 8.51. The smallest absolute Gasteiger partial charge is 0.280 e. The quantitative estimate of drug-likeness (QED) is 0.394. The summed E-state index contributed by atoms with van der Waals surface area (Å²) in [4.78, 5) is 53.3. The van der Waals surface area contributed by atoms with Gasteiger partial charge in [-0.05, 0) is 57.0 Å². The first-order chi connectivity index (χ1) is 19.1. The summed E-state index contributed by atoms with van der Waals surface area (Å²) in [6, 6.07) is 6.18. The summed E-state index contributed by atoms with van der Waals surface area (Å²) in [5.74, 6) is -1.38. The number of hydrogen-bond donors (Lipinski definition) is 3. The standard InChI is InChI=1S/C28H32ClFN6O3S/c1-35-8-6-20-22(14-35)40-26(33-20)25(38)34-23-12-15(27(39)36-9-5-18(30)13-36)4-7-28(23,31)24(37)21-11-16-10-17(29)2-3-19(16)32-21/h2-3,10-11,15,18,23,32H,4-9,12-14,31H2,1H3,(H,34,38)/t15?,18-,23?,28?/m0/s1. The summed E-state index contributed by atoms with van der Waals surface area (Å²) in [5.41, 5.74) is 7.42. The molecular weight excluding hydrogens is 555 g/mol. The van der Waals surface area contributed by atoms with Gasteiger partial charge >= 0.3 is 0 Å². The van der Waals surface area contributed by atoms with Crippen molar-refractivity contribution in [1.82, 2.24) is 25.1 Å². The molecule has 6 rings (SSSR count). The van der Waals surface area contributed by atoms with E-state index in [-0.39, 0.29) is 31.1 Å². The van der Waals surface area contributed by atoms with Gasteiger partial charge in [-0.1, -0.05) is 11.6 Å². The molecule has 1 aliphatic carbocycles. The van der Waals surface area contributed by atoms with Crippen LogP contribution in [0.25, 0.3) is 10.9 Å². The van der Waals surface area contributed by atoms with Gasteiger partial charge in [-0.15, -0.1) is 11.3 Å². The molecule has 1 aromatic carbocycles. The minimum atomic E-state index is -1.46. The number of thiazole rings is 1. The van der Waals surface area contributed by atoms with E-state index in [2.05, 4.69) is 20.2 Å². The number of nitrogens with one attached hydrogen (secondary N) is 2. The SMILES string of the molecule is CN1CCc2nc(C(=O)NC3CC(C(=O)N4CC[C@H](F)C4)CCC3(N)C(=O)c3cc4cc(Cl)ccc4[nH]3)sc2C1. The molecule has 4 N–H and O–H groups in total. The monoisotopic (exact) mass is 586 g/mol. The first-order valence-electron chi connectivity index (χ1n) is 13.6. The minimum absolute atomic E-state index is 0.0792. The lowest BCUT2D eigenvalue weighted by molar-refractivity contribution is -0.136. The number of alkyl halides is 1. The molecule has 3 unspecified atom stereocenters. The Labute approximate surface area is 240 Å². The molecule has 0 radical (unpaired) electrons. The Morgan fingerprint density at radius 3 is 2.85 bits per heavy atom. The van der Waals surface area contributed by atoms with Crippen LogP contribution < -0.4 is 11.1 Å². The average molecular weight is 587 g/mol. The second-order valence-corrected chi connectivity index (χ2v) is 12.8. The van der Waals surface area contributed by atoms with Crippen LogP contribution in [0.15, 0.2) is 24.3 Å². The number of H-pyrrole nitrogens is 1. The Hall–Kier alpha value is -2.86. The van der Waals surface area contributed by atoms with Gasteiger partial charge in [-0.3, -0.25) is 14.4 Å². The number of benzene rings is 1. The fourth-order valence-electron chi connectivity index (χ4n) is 6.18. The molecule has 12 heteroatoms. The maximum absolute atomic E-state index is 14.0. The zero-order chi connectivity index (χ0) is 28.2. The maximum Gasteiger partial charge on any atom is 0.280 e. The number of amides is 2. The van der Waals surface area contributed by atoms with Gasteiger partial charge in [0.05, 0.1) is 24.0 Å². The predicted octanol–water partition coefficient (Wildman–Crippen LogP) is 3.32. The molecule has 0 bridgehead atoms. The van der Waals surface area contributed by atoms with Gasteiger partial charge in [0.2, 0.25) is 11.7 Å². The van der Waals surface area contributed by atoms with E-state index in [1.54, 1.807) is 29.2 Å². The second-order valence-electron chi connectivity index (χ2n) is 11.3. The number of nitrogens with two attached hydrogens (primary N) is 1. The minimum Gasteiger partial charge on any atom is -0.352 e. The molecule has 4 heterocycles. The van der Waals surface area contributed by atoms with Crippen molar-refractivity contribution in [3.63, 3.8) is 0 Å². The number of hydrogen-bond acceptors (Lipinski definition) is 7. The van der Waals surface area contributed by atoms with E-state index in [1.807, 2.05) is 7.05 Å². The van der Waals surface area contributed by atoms with E-state index in [0.29, 0.717) is 35.1 Å². The van der Waals surface area contributed by atoms with Crippen molar-refractivity contribution >= 4 is 51.4 Å². The number of carbonyl (C=O) groups is 3. The zero-order valence-electron chi connectivity index (χ0n) is 22.2. The second kappa shape index (κ2) is 10.5. The van der Waals surface area contributed by atoms with Crippen LogP contribution in [-0.2, 0) is 17.8 Å². The molecule has 2 aliphatic heterocycles. The van der Waals surface area contributed by atoms with Crippen LogP contribution >= 0.6 is 22.9 Å². The summed E-state index contributed by atoms with van der Waals surface area (Å²) in [6.07, 6.45) is 0.806. The van der Waals surface area contributed by atoms with E-state index < -0.39 is 29.6 Å². The average Bonchev–Trinajstić information content (AvgIpc) is 3.66. The lowest BCUT2D eigenvalue weighted by atomic mass is 9.70. The van der Waals surface area contributed by atoms with E-state index in [0.717, 1.165) is 41.0 Å². The van der Waals surface area contributed by atoms with E-state index >= 15 is 0 Å². The number of nitrogens with zero attached hydrogens (tertiary/aromatic N) is 3. The highest BCUT2D eigenvalue weighted by molar-refractivity contribution is 7.13. The van der Waals surface area contributed by atoms with Crippen molar-refractivity contribution in [2.45, 2.75) is 56.4 Å². The number of carbonyl (C=O) groups excluding carboxylic acids is 3. The maximum atomic E-state index is 14.0. The summed E-state index contributed by atoms with van der Waals surface area (Å²) in [6.45, 7) is 2.05. The molecular formula is C28H32ClFN6O3S. The van der Waals surface area contributed by atoms with Crippen molar-refractivity contribution in [2.75, 3.05) is 26.7 Å². The molecule has 3 aliphatic rings. The molecule has 4 atom stereocenters. The normalized spacial score (nSPS) is 27.1. The first-order valence-corrected chi connectivity index (χ1v) is 14.8. The van der Waals surface area contributed by atoms with Crippen molar-refractivity contribution < 1.29 is 18.8 Å². The van der Waals surface area contributed by atoms with Gasteiger partial charge in [0.25, 0.3) is 5.91 Å². The van der Waals surface area contributed by atoms with Crippen LogP contribution in [0.2, 0.25) is 5.02 Å². The zero-order valence-corrected chi connectivity index (χ0v) is 23.8. The molecule has 0 spiro atoms. The van der Waals surface area contributed by atoms with Gasteiger partial charge in [-0.25, -0.2) is 9.37 Å². The van der Waals surface area contributed by atoms with Gasteiger partial charge in [-0.2, -0.15) is 0 Å². The molecule has 2 amide bonds. The summed E-state index contributed by atoms with van der Waals surface area (Å²) < 4.78 is 13.9. The van der Waals surface area contributed by atoms with Gasteiger partial charge in [0.15, 0.2) is 5.01 Å². The molecule has 9 nitrogen and oxygen atoms in total. The highest BCUT2D eigenvalue weighted by Crippen LogP contribution is 2.36. The Morgan fingerprint density at radius 2 is 2.08 bits per heavy atom. The van der Waals surface area contributed by atoms with Crippen LogP contribution in [0, 0.1) is 5.92 Å². The summed E-state index contributed by atoms with van der Waals surface area (Å²) in [7, 11) is 2.03. The molecule has 2 fully saturated rings. The van der Waals surface area contributed by atoms with Crippen LogP contribution in [-0.4, -0.2) is 81.8 Å². The topological polar surface area (TPSA) is 124 Å². The van der Waals surface area contributed by atoms with Crippen LogP contribution in [0.1, 0.15) is 56.5 Å². The van der Waals surface area contributed by atoms with E-state index in [9.17, 15) is 18.8 Å². The lowest BCUT2D eigenvalue weighted by Crippen LogP contribution is -2.66. The van der Waals surface area contributed by atoms with Crippen molar-refractivity contribution in [3.8, 4) is 0 Å². The Kier molecular flexibility index (Phi) is 7.18. The third-order valence-corrected chi connectivity index (χ3v) is 9.83. The molecule has 1 saturated heterocycles. The van der Waals surface area contributed by atoms with Crippen LogP contribution in [0.3, 0.4) is 0 Å². The summed E-state index contributed by atoms with van der Waals surface area (Å²) in [5, 5.41) is 4.64. The Balaban J connectivity index is 1.28. The van der Waals surface area contributed by atoms with Crippen LogP contribution in [0.5, 0.6) is 0 Å². The highest BCUT2D eigenvalue weighted by atomic mass is 35.5. The fourth-order valence-corrected chi connectivity index (χ4v) is 7.45. The van der Waals surface area contributed by atoms with Gasteiger partial charge in [0, 0.05) is 52.8 Å². The molecule has 1 saturated carbocycles. The van der Waals surface area contributed by atoms with Crippen molar-refractivity contribution in [2.24, 2.45) is 11.7 Å². The molecule has 3 aromatic rings. The number of ketones is 1. The Morgan fingerprint density at radius 1 is 1.25 bits per heavy atom. The largest absolute Gasteiger partial charge is 0.352 e. The van der Waals surface area contributed by atoms with Crippen LogP contribution in [0.4, 0.5) is 4.39 Å². The molecule has 40 heavy (non-hydrogen) atoms. The number of likely N-dealkylation sites (tertiary alicyclic amines) is 1. The number of fused-ring (bicyclic) bond motifs is 2. The number of likely N-dealkylation sites (N-methyl/N-ethyl adjacent to an activating group) is 1. The van der Waals surface area contributed by atoms with E-state index in [4.69, 9.17) is 17.3 Å². The highest BCUT2D eigenvalue weighted by Gasteiger charge is 2.50. The number of rotatable bonds is 5. The van der Waals surface area contributed by atoms with Crippen molar-refractivity contribution in [1.29, 1.82) is 0 Å². The summed E-state index contributed by atoms with van der Waals surface area (Å²) >= 11 is 7.49. The first kappa shape index (κ1) is 27.3. The molecule has 212 valence electrons. The van der Waals surface area contributed by atoms with Gasteiger partial charge < -0.3 is 25.8 Å². The number of aromatic nitrogens is 2. The molecule has 2 aromatic heterocycles. The van der Waals surface area contributed by atoms with Gasteiger partial charge in [0.1, 0.15) is 11.7 Å². The number of aromatic amines is 1. The van der Waals surface area contributed by atoms with E-state index in [1.165, 1.54) is 11.3 Å². The van der Waals surface area contributed by atoms with Crippen molar-refractivity contribution in [3.05, 3.63) is 50.6 Å². The predicted molar refractivity (Wildman–Crippen MR) is 151 cm³/mol. The fraction of sp³-hybridized carbons (Fsp3) is 0.500. The number of halogens is 2. The lowest BCUT2D eigenvalue weighted by Gasteiger charge is -2.43.